The zero-order valence-corrected chi connectivity index (χ0v) is 11.6. The van der Waals surface area contributed by atoms with Gasteiger partial charge in [-0.15, -0.1) is 0 Å². The molecule has 102 valence electrons. The quantitative estimate of drug-likeness (QED) is 0.789. The molecule has 0 fully saturated rings. The summed E-state index contributed by atoms with van der Waals surface area (Å²) in [5.74, 6) is -2.10. The summed E-state index contributed by atoms with van der Waals surface area (Å²) in [5, 5.41) is 9.21. The Morgan fingerprint density at radius 3 is 2.00 bits per heavy atom. The molecule has 0 saturated carbocycles. The van der Waals surface area contributed by atoms with E-state index in [1.165, 1.54) is 0 Å². The second kappa shape index (κ2) is 5.48. The Labute approximate surface area is 120 Å². The number of hydrogen-bond acceptors (Lipinski definition) is 2. The molecule has 0 amide bonds. The number of ether oxygens (including phenoxy) is 1. The predicted molar refractivity (Wildman–Crippen MR) is 72.1 cm³/mol. The summed E-state index contributed by atoms with van der Waals surface area (Å²) in [6, 6.07) is 6.70. The van der Waals surface area contributed by atoms with E-state index in [1.54, 1.807) is 32.0 Å². The van der Waals surface area contributed by atoms with Crippen LogP contribution in [-0.2, 0) is 0 Å². The van der Waals surface area contributed by atoms with Crippen molar-refractivity contribution < 1.29 is 13.5 Å². The summed E-state index contributed by atoms with van der Waals surface area (Å²) in [6.07, 6.45) is 0. The third kappa shape index (κ3) is 2.73. The van der Waals surface area contributed by atoms with Crippen LogP contribution in [0.15, 0.2) is 24.3 Å². The average molecular weight is 294 g/mol. The molecule has 0 aliphatic carbocycles. The summed E-state index contributed by atoms with van der Waals surface area (Å²) in [6.45, 7) is 3.54. The van der Waals surface area contributed by atoms with Crippen LogP contribution < -0.4 is 4.74 Å². The van der Waals surface area contributed by atoms with Gasteiger partial charge in [0.2, 0.25) is 0 Å². The number of benzene rings is 2. The summed E-state index contributed by atoms with van der Waals surface area (Å²) in [4.78, 5) is 0. The fourth-order valence-corrected chi connectivity index (χ4v) is 1.91. The number of aryl methyl sites for hydroxylation is 2. The lowest BCUT2D eigenvalue weighted by atomic mass is 10.1. The highest BCUT2D eigenvalue weighted by molar-refractivity contribution is 6.32. The molecule has 0 aliphatic heterocycles. The lowest BCUT2D eigenvalue weighted by molar-refractivity contribution is 0.407. The number of hydrogen-bond donors (Lipinski definition) is 0. The highest BCUT2D eigenvalue weighted by Gasteiger charge is 2.14. The molecule has 5 heteroatoms. The van der Waals surface area contributed by atoms with Gasteiger partial charge in [0.15, 0.2) is 17.4 Å². The maximum absolute atomic E-state index is 13.7. The first-order valence-corrected chi connectivity index (χ1v) is 6.14. The van der Waals surface area contributed by atoms with Gasteiger partial charge >= 0.3 is 0 Å². The summed E-state index contributed by atoms with van der Waals surface area (Å²) in [5.41, 5.74) is 1.39. The Bertz CT molecular complexity index is 676. The van der Waals surface area contributed by atoms with Crippen LogP contribution in [0.25, 0.3) is 0 Å². The van der Waals surface area contributed by atoms with E-state index in [0.717, 1.165) is 23.3 Å². The molecule has 0 aromatic heterocycles. The lowest BCUT2D eigenvalue weighted by Gasteiger charge is -2.11. The van der Waals surface area contributed by atoms with Crippen LogP contribution in [0, 0.1) is 36.8 Å². The highest BCUT2D eigenvalue weighted by atomic mass is 35.5. The summed E-state index contributed by atoms with van der Waals surface area (Å²) in [7, 11) is 0. The molecule has 2 aromatic carbocycles. The Balaban J connectivity index is 2.43. The molecular weight excluding hydrogens is 284 g/mol. The molecule has 0 atom stereocenters. The molecule has 0 spiro atoms. The molecule has 20 heavy (non-hydrogen) atoms. The second-order valence-corrected chi connectivity index (χ2v) is 4.73. The molecule has 0 aliphatic rings. The molecule has 0 heterocycles. The monoisotopic (exact) mass is 293 g/mol. The molecule has 0 saturated heterocycles. The van der Waals surface area contributed by atoms with E-state index in [2.05, 4.69) is 0 Å². The number of rotatable bonds is 2. The first-order valence-electron chi connectivity index (χ1n) is 5.76. The Morgan fingerprint density at radius 1 is 1.05 bits per heavy atom. The van der Waals surface area contributed by atoms with Crippen molar-refractivity contribution in [3.8, 4) is 17.6 Å². The Kier molecular flexibility index (Phi) is 3.91. The number of halogens is 3. The first-order chi connectivity index (χ1) is 9.42. The van der Waals surface area contributed by atoms with Crippen molar-refractivity contribution in [3.63, 3.8) is 0 Å². The van der Waals surface area contributed by atoms with E-state index in [0.29, 0.717) is 5.02 Å². The van der Waals surface area contributed by atoms with E-state index in [4.69, 9.17) is 21.6 Å². The minimum atomic E-state index is -0.924. The maximum atomic E-state index is 13.7. The smallest absolute Gasteiger partial charge is 0.198 e. The topological polar surface area (TPSA) is 33.0 Å². The predicted octanol–water partition coefficient (Wildman–Crippen LogP) is 4.90. The van der Waals surface area contributed by atoms with Crippen LogP contribution in [-0.4, -0.2) is 0 Å². The van der Waals surface area contributed by atoms with Crippen LogP contribution in [0.1, 0.15) is 16.7 Å². The lowest BCUT2D eigenvalue weighted by Crippen LogP contribution is -1.95. The van der Waals surface area contributed by atoms with Gasteiger partial charge in [-0.1, -0.05) is 11.6 Å². The normalized spacial score (nSPS) is 10.2. The zero-order chi connectivity index (χ0) is 14.9. The van der Waals surface area contributed by atoms with Gasteiger partial charge in [-0.2, -0.15) is 5.26 Å². The van der Waals surface area contributed by atoms with E-state index >= 15 is 0 Å². The van der Waals surface area contributed by atoms with Crippen molar-refractivity contribution in [1.82, 2.24) is 0 Å². The fraction of sp³-hybridized carbons (Fsp3) is 0.133. The third-order valence-corrected chi connectivity index (χ3v) is 3.35. The minimum Gasteiger partial charge on any atom is -0.451 e. The third-order valence-electron chi connectivity index (χ3n) is 2.76. The van der Waals surface area contributed by atoms with Crippen LogP contribution in [0.5, 0.6) is 11.5 Å². The van der Waals surface area contributed by atoms with Crippen LogP contribution in [0.4, 0.5) is 8.78 Å². The standard InChI is InChI=1S/C15H10ClF2NO/c1-8-3-11(4-9(2)14(8)16)20-15-12(17)5-10(7-19)6-13(15)18/h3-6H,1-2H3. The average Bonchev–Trinajstić information content (AvgIpc) is 2.39. The van der Waals surface area contributed by atoms with Crippen molar-refractivity contribution in [3.05, 3.63) is 57.6 Å². The molecule has 0 radical (unpaired) electrons. The molecular formula is C15H10ClF2NO. The maximum Gasteiger partial charge on any atom is 0.198 e. The molecule has 0 bridgehead atoms. The SMILES string of the molecule is Cc1cc(Oc2c(F)cc(C#N)cc2F)cc(C)c1Cl. The van der Waals surface area contributed by atoms with E-state index in [-0.39, 0.29) is 11.3 Å². The van der Waals surface area contributed by atoms with Gasteiger partial charge in [0.05, 0.1) is 11.6 Å². The van der Waals surface area contributed by atoms with Crippen LogP contribution >= 0.6 is 11.6 Å². The van der Waals surface area contributed by atoms with Crippen molar-refractivity contribution in [1.29, 1.82) is 5.26 Å². The van der Waals surface area contributed by atoms with Gasteiger partial charge in [-0.25, -0.2) is 8.78 Å². The van der Waals surface area contributed by atoms with Gasteiger partial charge in [0.25, 0.3) is 0 Å². The molecule has 2 rings (SSSR count). The van der Waals surface area contributed by atoms with Crippen LogP contribution in [0.3, 0.4) is 0 Å². The van der Waals surface area contributed by atoms with Gasteiger partial charge in [-0.3, -0.25) is 0 Å². The second-order valence-electron chi connectivity index (χ2n) is 4.35. The summed E-state index contributed by atoms with van der Waals surface area (Å²) >= 11 is 6.01. The summed E-state index contributed by atoms with van der Waals surface area (Å²) < 4.78 is 32.7. The highest BCUT2D eigenvalue weighted by Crippen LogP contribution is 2.32. The Morgan fingerprint density at radius 2 is 1.55 bits per heavy atom. The number of nitrogens with zero attached hydrogens (tertiary/aromatic N) is 1. The van der Waals surface area contributed by atoms with Gasteiger partial charge in [0.1, 0.15) is 5.75 Å². The Hall–Kier alpha value is -2.12. The van der Waals surface area contributed by atoms with Crippen molar-refractivity contribution in [2.24, 2.45) is 0 Å². The largest absolute Gasteiger partial charge is 0.451 e. The first kappa shape index (κ1) is 14.3. The van der Waals surface area contributed by atoms with Crippen molar-refractivity contribution in [2.75, 3.05) is 0 Å². The molecule has 0 unspecified atom stereocenters. The van der Waals surface area contributed by atoms with Crippen molar-refractivity contribution >= 4 is 11.6 Å². The number of nitriles is 1. The van der Waals surface area contributed by atoms with E-state index in [9.17, 15) is 8.78 Å². The molecule has 2 nitrogen and oxygen atoms in total. The van der Waals surface area contributed by atoms with Gasteiger partial charge in [-0.05, 0) is 49.2 Å². The minimum absolute atomic E-state index is 0.101. The van der Waals surface area contributed by atoms with E-state index in [1.807, 2.05) is 0 Å². The fourth-order valence-electron chi connectivity index (χ4n) is 1.80. The van der Waals surface area contributed by atoms with E-state index < -0.39 is 17.4 Å². The zero-order valence-electron chi connectivity index (χ0n) is 10.8. The van der Waals surface area contributed by atoms with Gasteiger partial charge < -0.3 is 4.74 Å². The van der Waals surface area contributed by atoms with Crippen LogP contribution in [0.2, 0.25) is 5.02 Å². The molecule has 0 N–H and O–H groups in total. The van der Waals surface area contributed by atoms with Crippen molar-refractivity contribution in [2.45, 2.75) is 13.8 Å². The van der Waals surface area contributed by atoms with Gasteiger partial charge in [0, 0.05) is 5.02 Å². The molecule has 2 aromatic rings.